The zero-order valence-electron chi connectivity index (χ0n) is 11.1. The van der Waals surface area contributed by atoms with E-state index in [4.69, 9.17) is 15.6 Å². The van der Waals surface area contributed by atoms with Gasteiger partial charge in [0.05, 0.1) is 24.6 Å². The van der Waals surface area contributed by atoms with E-state index in [0.29, 0.717) is 5.00 Å². The van der Waals surface area contributed by atoms with Crippen LogP contribution >= 0.6 is 11.3 Å². The molecule has 7 nitrogen and oxygen atoms in total. The first-order valence-electron chi connectivity index (χ1n) is 5.91. The average Bonchev–Trinajstić information content (AvgIpc) is 2.69. The van der Waals surface area contributed by atoms with Crippen LogP contribution in [0.25, 0.3) is 0 Å². The van der Waals surface area contributed by atoms with Crippen LogP contribution in [0.1, 0.15) is 28.6 Å². The van der Waals surface area contributed by atoms with Gasteiger partial charge < -0.3 is 20.9 Å². The Bertz CT molecular complexity index is 526. The Kier molecular flexibility index (Phi) is 5.66. The molecule has 1 amide bonds. The molecule has 0 radical (unpaired) electrons. The van der Waals surface area contributed by atoms with E-state index >= 15 is 0 Å². The van der Waals surface area contributed by atoms with Crippen LogP contribution in [0, 0.1) is 6.92 Å². The van der Waals surface area contributed by atoms with E-state index in [1.54, 1.807) is 19.9 Å². The van der Waals surface area contributed by atoms with Gasteiger partial charge in [-0.25, -0.2) is 4.79 Å². The number of nitrogens with two attached hydrogens (primary N) is 1. The number of amides is 1. The number of esters is 1. The quantitative estimate of drug-likeness (QED) is 0.674. The predicted molar refractivity (Wildman–Crippen MR) is 73.9 cm³/mol. The Hall–Kier alpha value is -1.93. The number of carboxylic acid groups (broad SMARTS) is 1. The Morgan fingerprint density at radius 3 is 2.70 bits per heavy atom. The van der Waals surface area contributed by atoms with Crippen molar-refractivity contribution in [3.8, 4) is 0 Å². The lowest BCUT2D eigenvalue weighted by Gasteiger charge is -2.10. The molecule has 0 fully saturated rings. The van der Waals surface area contributed by atoms with Crippen molar-refractivity contribution in [1.29, 1.82) is 0 Å². The second-order valence-corrected chi connectivity index (χ2v) is 5.27. The number of anilines is 1. The van der Waals surface area contributed by atoms with Crippen molar-refractivity contribution in [2.75, 3.05) is 11.9 Å². The molecule has 0 bridgehead atoms. The van der Waals surface area contributed by atoms with Crippen LogP contribution in [-0.4, -0.2) is 35.6 Å². The maximum atomic E-state index is 11.7. The second-order valence-electron chi connectivity index (χ2n) is 4.01. The van der Waals surface area contributed by atoms with Crippen molar-refractivity contribution in [2.24, 2.45) is 5.73 Å². The predicted octanol–water partition coefficient (Wildman–Crippen LogP) is 0.974. The highest BCUT2D eigenvalue weighted by molar-refractivity contribution is 7.16. The number of ether oxygens (including phenoxy) is 1. The molecule has 0 aliphatic heterocycles. The van der Waals surface area contributed by atoms with Crippen LogP contribution in [0.2, 0.25) is 0 Å². The Morgan fingerprint density at radius 2 is 2.15 bits per heavy atom. The van der Waals surface area contributed by atoms with Crippen LogP contribution in [0.5, 0.6) is 0 Å². The lowest BCUT2D eigenvalue weighted by molar-refractivity contribution is -0.138. The van der Waals surface area contributed by atoms with Gasteiger partial charge in [0.25, 0.3) is 0 Å². The van der Waals surface area contributed by atoms with E-state index < -0.39 is 30.3 Å². The van der Waals surface area contributed by atoms with Crippen molar-refractivity contribution in [3.63, 3.8) is 0 Å². The summed E-state index contributed by atoms with van der Waals surface area (Å²) in [4.78, 5) is 34.8. The molecule has 1 rings (SSSR count). The number of nitrogens with one attached hydrogen (secondary N) is 1. The van der Waals surface area contributed by atoms with Gasteiger partial charge in [-0.2, -0.15) is 0 Å². The summed E-state index contributed by atoms with van der Waals surface area (Å²) < 4.78 is 4.88. The molecule has 1 atom stereocenters. The van der Waals surface area contributed by atoms with Gasteiger partial charge in [0.2, 0.25) is 5.91 Å². The number of carbonyl (C=O) groups excluding carboxylic acids is 2. The summed E-state index contributed by atoms with van der Waals surface area (Å²) >= 11 is 1.20. The van der Waals surface area contributed by atoms with E-state index in [0.717, 1.165) is 4.88 Å². The number of rotatable bonds is 6. The molecular weight excluding hydrogens is 284 g/mol. The van der Waals surface area contributed by atoms with E-state index in [2.05, 4.69) is 5.32 Å². The smallest absolute Gasteiger partial charge is 0.341 e. The number of carboxylic acids is 1. The minimum Gasteiger partial charge on any atom is -0.481 e. The average molecular weight is 300 g/mol. The molecule has 110 valence electrons. The Morgan fingerprint density at radius 1 is 1.50 bits per heavy atom. The summed E-state index contributed by atoms with van der Waals surface area (Å²) in [6.07, 6.45) is -0.481. The van der Waals surface area contributed by atoms with Gasteiger partial charge in [0, 0.05) is 4.88 Å². The molecule has 4 N–H and O–H groups in total. The third-order valence-electron chi connectivity index (χ3n) is 2.32. The van der Waals surface area contributed by atoms with Gasteiger partial charge in [-0.05, 0) is 19.9 Å². The number of aliphatic carboxylic acids is 1. The highest BCUT2D eigenvalue weighted by Crippen LogP contribution is 2.28. The van der Waals surface area contributed by atoms with Crippen LogP contribution in [-0.2, 0) is 14.3 Å². The van der Waals surface area contributed by atoms with Crippen LogP contribution in [0.15, 0.2) is 6.07 Å². The van der Waals surface area contributed by atoms with Gasteiger partial charge in [-0.1, -0.05) is 0 Å². The van der Waals surface area contributed by atoms with Crippen molar-refractivity contribution >= 4 is 34.2 Å². The molecular formula is C12H16N2O5S. The summed E-state index contributed by atoms with van der Waals surface area (Å²) in [5.74, 6) is -2.36. The topological polar surface area (TPSA) is 119 Å². The number of aryl methyl sites for hydroxylation is 1. The number of thiophene rings is 1. The first-order chi connectivity index (χ1) is 9.35. The first-order valence-corrected chi connectivity index (χ1v) is 6.72. The standard InChI is InChI=1S/C12H16N2O5S/c1-3-19-12(18)7-4-6(2)20-11(7)14-10(17)8(13)5-9(15)16/h4,8H,3,5,13H2,1-2H3,(H,14,17)(H,15,16). The highest BCUT2D eigenvalue weighted by Gasteiger charge is 2.22. The zero-order chi connectivity index (χ0) is 15.3. The molecule has 0 saturated heterocycles. The maximum absolute atomic E-state index is 11.7. The lowest BCUT2D eigenvalue weighted by atomic mass is 10.2. The summed E-state index contributed by atoms with van der Waals surface area (Å²) in [6.45, 7) is 3.68. The third kappa shape index (κ3) is 4.32. The number of hydrogen-bond acceptors (Lipinski definition) is 6. The molecule has 1 unspecified atom stereocenters. The molecule has 0 saturated carbocycles. The largest absolute Gasteiger partial charge is 0.481 e. The molecule has 0 spiro atoms. The highest BCUT2D eigenvalue weighted by atomic mass is 32.1. The van der Waals surface area contributed by atoms with Gasteiger partial charge >= 0.3 is 11.9 Å². The summed E-state index contributed by atoms with van der Waals surface area (Å²) in [5.41, 5.74) is 5.69. The normalized spacial score (nSPS) is 11.8. The number of hydrogen-bond donors (Lipinski definition) is 3. The van der Waals surface area contributed by atoms with Crippen molar-refractivity contribution < 1.29 is 24.2 Å². The van der Waals surface area contributed by atoms with Gasteiger partial charge in [0.15, 0.2) is 0 Å². The van der Waals surface area contributed by atoms with E-state index in [1.807, 2.05) is 0 Å². The summed E-state index contributed by atoms with van der Waals surface area (Å²) in [6, 6.07) is 0.422. The molecule has 0 aromatic carbocycles. The second kappa shape index (κ2) is 7.01. The summed E-state index contributed by atoms with van der Waals surface area (Å²) in [5, 5.41) is 11.4. The fraction of sp³-hybridized carbons (Fsp3) is 0.417. The minimum absolute atomic E-state index is 0.222. The molecule has 1 aromatic rings. The molecule has 1 heterocycles. The van der Waals surface area contributed by atoms with Gasteiger partial charge in [-0.15, -0.1) is 11.3 Å². The van der Waals surface area contributed by atoms with E-state index in [9.17, 15) is 14.4 Å². The van der Waals surface area contributed by atoms with Crippen LogP contribution < -0.4 is 11.1 Å². The van der Waals surface area contributed by atoms with Crippen molar-refractivity contribution in [2.45, 2.75) is 26.3 Å². The monoisotopic (exact) mass is 300 g/mol. The van der Waals surface area contributed by atoms with E-state index in [-0.39, 0.29) is 12.2 Å². The van der Waals surface area contributed by atoms with Gasteiger partial charge in [0.1, 0.15) is 5.00 Å². The van der Waals surface area contributed by atoms with Crippen molar-refractivity contribution in [1.82, 2.24) is 0 Å². The first kappa shape index (κ1) is 16.1. The molecule has 0 aliphatic carbocycles. The minimum atomic E-state index is -1.18. The van der Waals surface area contributed by atoms with Crippen LogP contribution in [0.4, 0.5) is 5.00 Å². The molecule has 0 aliphatic rings. The fourth-order valence-corrected chi connectivity index (χ4v) is 2.36. The number of carbonyl (C=O) groups is 3. The van der Waals surface area contributed by atoms with Gasteiger partial charge in [-0.3, -0.25) is 9.59 Å². The van der Waals surface area contributed by atoms with Crippen LogP contribution in [0.3, 0.4) is 0 Å². The zero-order valence-corrected chi connectivity index (χ0v) is 12.0. The maximum Gasteiger partial charge on any atom is 0.341 e. The Balaban J connectivity index is 2.84. The molecule has 20 heavy (non-hydrogen) atoms. The Labute approximate surface area is 119 Å². The third-order valence-corrected chi connectivity index (χ3v) is 3.28. The SMILES string of the molecule is CCOC(=O)c1cc(C)sc1NC(=O)C(N)CC(=O)O. The van der Waals surface area contributed by atoms with E-state index in [1.165, 1.54) is 11.3 Å². The fourth-order valence-electron chi connectivity index (χ4n) is 1.45. The lowest BCUT2D eigenvalue weighted by Crippen LogP contribution is -2.37. The molecule has 8 heteroatoms. The van der Waals surface area contributed by atoms with Crippen molar-refractivity contribution in [3.05, 3.63) is 16.5 Å². The molecule has 1 aromatic heterocycles. The summed E-state index contributed by atoms with van der Waals surface area (Å²) in [7, 11) is 0.